The second-order valence-electron chi connectivity index (χ2n) is 6.19. The first-order chi connectivity index (χ1) is 11.3. The zero-order valence-electron chi connectivity index (χ0n) is 12.7. The Morgan fingerprint density at radius 1 is 1.26 bits per heavy atom. The largest absolute Gasteiger partial charge is 0.492 e. The predicted molar refractivity (Wildman–Crippen MR) is 95.5 cm³/mol. The van der Waals surface area contributed by atoms with Crippen molar-refractivity contribution in [1.82, 2.24) is 4.98 Å². The molecule has 120 valence electrons. The molecule has 1 heterocycles. The lowest BCUT2D eigenvalue weighted by molar-refractivity contribution is 0.323. The number of allylic oxidation sites excluding steroid dienone is 1. The molecule has 1 aromatic carbocycles. The first-order valence-electron chi connectivity index (χ1n) is 8.05. The van der Waals surface area contributed by atoms with Crippen molar-refractivity contribution in [3.05, 3.63) is 52.5 Å². The van der Waals surface area contributed by atoms with Gasteiger partial charge in [0.25, 0.3) is 0 Å². The molecular formula is C18H19ClN2OS. The zero-order valence-corrected chi connectivity index (χ0v) is 14.3. The molecule has 1 fully saturated rings. The highest BCUT2D eigenvalue weighted by Crippen LogP contribution is 2.40. The van der Waals surface area contributed by atoms with Gasteiger partial charge in [-0.2, -0.15) is 0 Å². The lowest BCUT2D eigenvalue weighted by atomic mass is 10.0. The number of hydrogen-bond donors (Lipinski definition) is 1. The van der Waals surface area contributed by atoms with Gasteiger partial charge in [-0.3, -0.25) is 0 Å². The van der Waals surface area contributed by atoms with Crippen LogP contribution in [0.2, 0.25) is 5.02 Å². The third-order valence-corrected chi connectivity index (χ3v) is 5.88. The summed E-state index contributed by atoms with van der Waals surface area (Å²) in [6, 6.07) is 8.13. The van der Waals surface area contributed by atoms with Crippen LogP contribution >= 0.6 is 22.9 Å². The number of hydrogen-bond acceptors (Lipinski definition) is 4. The second kappa shape index (κ2) is 6.54. The van der Waals surface area contributed by atoms with Crippen LogP contribution in [-0.4, -0.2) is 17.6 Å². The second-order valence-corrected chi connectivity index (χ2v) is 7.71. The molecule has 2 bridgehead atoms. The van der Waals surface area contributed by atoms with Gasteiger partial charge in [-0.15, -0.1) is 11.3 Å². The van der Waals surface area contributed by atoms with Crippen molar-refractivity contribution in [2.24, 2.45) is 11.8 Å². The average Bonchev–Trinajstić information content (AvgIpc) is 3.27. The van der Waals surface area contributed by atoms with Crippen LogP contribution in [0.25, 0.3) is 0 Å². The van der Waals surface area contributed by atoms with Crippen LogP contribution in [0.15, 0.2) is 42.6 Å². The number of nitrogens with zero attached hydrogens (tertiary/aromatic N) is 1. The Morgan fingerprint density at radius 2 is 2.17 bits per heavy atom. The van der Waals surface area contributed by atoms with Gasteiger partial charge in [-0.1, -0.05) is 35.9 Å². The van der Waals surface area contributed by atoms with Gasteiger partial charge in [0.2, 0.25) is 0 Å². The molecule has 0 saturated heterocycles. The fourth-order valence-corrected chi connectivity index (χ4v) is 4.46. The van der Waals surface area contributed by atoms with Crippen molar-refractivity contribution in [3.8, 4) is 5.75 Å². The van der Waals surface area contributed by atoms with E-state index in [9.17, 15) is 0 Å². The van der Waals surface area contributed by atoms with Crippen molar-refractivity contribution in [2.75, 3.05) is 11.9 Å². The molecule has 2 aromatic rings. The lowest BCUT2D eigenvalue weighted by Crippen LogP contribution is -2.23. The summed E-state index contributed by atoms with van der Waals surface area (Å²) >= 11 is 7.81. The lowest BCUT2D eigenvalue weighted by Gasteiger charge is -2.18. The molecule has 3 unspecified atom stereocenters. The number of anilines is 1. The van der Waals surface area contributed by atoms with E-state index < -0.39 is 0 Å². The number of aromatic nitrogens is 1. The van der Waals surface area contributed by atoms with Gasteiger partial charge < -0.3 is 10.1 Å². The van der Waals surface area contributed by atoms with Gasteiger partial charge in [0.15, 0.2) is 5.13 Å². The Balaban J connectivity index is 1.28. The first-order valence-corrected chi connectivity index (χ1v) is 9.24. The van der Waals surface area contributed by atoms with Gasteiger partial charge in [-0.05, 0) is 36.8 Å². The summed E-state index contributed by atoms with van der Waals surface area (Å²) < 4.78 is 5.74. The molecule has 1 saturated carbocycles. The number of benzene rings is 1. The van der Waals surface area contributed by atoms with E-state index in [-0.39, 0.29) is 0 Å². The maximum absolute atomic E-state index is 6.09. The van der Waals surface area contributed by atoms with Gasteiger partial charge in [0, 0.05) is 23.5 Å². The molecule has 1 aromatic heterocycles. The normalized spacial score (nSPS) is 25.0. The molecule has 2 aliphatic rings. The molecule has 3 atom stereocenters. The molecule has 23 heavy (non-hydrogen) atoms. The number of nitrogens with one attached hydrogen (secondary N) is 1. The third kappa shape index (κ3) is 3.38. The molecule has 0 radical (unpaired) electrons. The van der Waals surface area contributed by atoms with E-state index in [0.29, 0.717) is 23.6 Å². The maximum Gasteiger partial charge on any atom is 0.183 e. The summed E-state index contributed by atoms with van der Waals surface area (Å²) in [7, 11) is 0. The minimum absolute atomic E-state index is 0.559. The predicted octanol–water partition coefficient (Wildman–Crippen LogP) is 4.79. The van der Waals surface area contributed by atoms with Crippen molar-refractivity contribution < 1.29 is 4.74 Å². The molecule has 2 aliphatic carbocycles. The molecule has 4 rings (SSSR count). The van der Waals surface area contributed by atoms with E-state index >= 15 is 0 Å². The van der Waals surface area contributed by atoms with E-state index in [4.69, 9.17) is 16.3 Å². The summed E-state index contributed by atoms with van der Waals surface area (Å²) in [4.78, 5) is 5.74. The fraction of sp³-hybridized carbons (Fsp3) is 0.389. The monoisotopic (exact) mass is 346 g/mol. The summed E-state index contributed by atoms with van der Waals surface area (Å²) in [6.45, 7) is 0.613. The van der Waals surface area contributed by atoms with Crippen LogP contribution in [0, 0.1) is 11.8 Å². The van der Waals surface area contributed by atoms with Gasteiger partial charge in [0.1, 0.15) is 5.75 Å². The summed E-state index contributed by atoms with van der Waals surface area (Å²) in [5.74, 6) is 2.21. The van der Waals surface area contributed by atoms with Crippen LogP contribution in [0.5, 0.6) is 5.75 Å². The van der Waals surface area contributed by atoms with Crippen LogP contribution in [0.4, 0.5) is 5.13 Å². The zero-order chi connectivity index (χ0) is 15.6. The minimum Gasteiger partial charge on any atom is -0.492 e. The van der Waals surface area contributed by atoms with Crippen molar-refractivity contribution in [1.29, 1.82) is 0 Å². The maximum atomic E-state index is 6.09. The Bertz CT molecular complexity index is 715. The molecule has 3 nitrogen and oxygen atoms in total. The van der Waals surface area contributed by atoms with Crippen LogP contribution < -0.4 is 10.1 Å². The van der Waals surface area contributed by atoms with Crippen molar-refractivity contribution in [2.45, 2.75) is 25.3 Å². The highest BCUT2D eigenvalue weighted by Gasteiger charge is 2.35. The highest BCUT2D eigenvalue weighted by molar-refractivity contribution is 7.15. The number of fused-ring (bicyclic) bond motifs is 2. The number of para-hydroxylation sites is 1. The van der Waals surface area contributed by atoms with Crippen LogP contribution in [0.1, 0.15) is 17.7 Å². The topological polar surface area (TPSA) is 34.1 Å². The van der Waals surface area contributed by atoms with Crippen LogP contribution in [-0.2, 0) is 6.42 Å². The Morgan fingerprint density at radius 3 is 2.96 bits per heavy atom. The number of ether oxygens (including phenoxy) is 1. The standard InChI is InChI=1S/C18H19ClN2OS/c19-15-3-1-2-4-17(15)22-8-7-14-11-20-18(23-14)21-16-10-12-5-6-13(16)9-12/h1-6,11-13,16H,7-10H2,(H,20,21). The summed E-state index contributed by atoms with van der Waals surface area (Å²) in [6.07, 6.45) is 10.1. The first kappa shape index (κ1) is 15.0. The molecule has 1 N–H and O–H groups in total. The third-order valence-electron chi connectivity index (χ3n) is 4.58. The molecular weight excluding hydrogens is 328 g/mol. The summed E-state index contributed by atoms with van der Waals surface area (Å²) in [5.41, 5.74) is 0. The number of rotatable bonds is 6. The number of thiazole rings is 1. The van der Waals surface area contributed by atoms with E-state index in [0.717, 1.165) is 23.2 Å². The smallest absolute Gasteiger partial charge is 0.183 e. The number of halogens is 1. The summed E-state index contributed by atoms with van der Waals surface area (Å²) in [5, 5.41) is 5.29. The van der Waals surface area contributed by atoms with Crippen LogP contribution in [0.3, 0.4) is 0 Å². The van der Waals surface area contributed by atoms with Crippen molar-refractivity contribution >= 4 is 28.1 Å². The van der Waals surface area contributed by atoms with E-state index in [1.165, 1.54) is 17.7 Å². The SMILES string of the molecule is Clc1ccccc1OCCc1cnc(NC2CC3C=CC2C3)s1. The molecule has 5 heteroatoms. The highest BCUT2D eigenvalue weighted by atomic mass is 35.5. The fourth-order valence-electron chi connectivity index (χ4n) is 3.42. The van der Waals surface area contributed by atoms with E-state index in [1.807, 2.05) is 30.5 Å². The molecule has 0 aliphatic heterocycles. The molecule has 0 spiro atoms. The Kier molecular flexibility index (Phi) is 4.27. The van der Waals surface area contributed by atoms with Crippen molar-refractivity contribution in [3.63, 3.8) is 0 Å². The quantitative estimate of drug-likeness (QED) is 0.763. The minimum atomic E-state index is 0.559. The Hall–Kier alpha value is -1.52. The van der Waals surface area contributed by atoms with Gasteiger partial charge >= 0.3 is 0 Å². The van der Waals surface area contributed by atoms with Gasteiger partial charge in [-0.25, -0.2) is 4.98 Å². The average molecular weight is 347 g/mol. The Labute approximate surface area is 145 Å². The molecule has 0 amide bonds. The van der Waals surface area contributed by atoms with E-state index in [2.05, 4.69) is 22.5 Å². The van der Waals surface area contributed by atoms with E-state index in [1.54, 1.807) is 11.3 Å². The van der Waals surface area contributed by atoms with Gasteiger partial charge in [0.05, 0.1) is 11.6 Å².